The molecule has 0 spiro atoms. The summed E-state index contributed by atoms with van der Waals surface area (Å²) >= 11 is 6.09. The quantitative estimate of drug-likeness (QED) is 0.670. The lowest BCUT2D eigenvalue weighted by atomic mass is 10.1. The number of halogens is 1. The van der Waals surface area contributed by atoms with E-state index >= 15 is 0 Å². The van der Waals surface area contributed by atoms with Crippen molar-refractivity contribution >= 4 is 11.6 Å². The second-order valence-electron chi connectivity index (χ2n) is 5.69. The molecule has 0 atom stereocenters. The van der Waals surface area contributed by atoms with E-state index in [1.807, 2.05) is 30.3 Å². The molecule has 2 N–H and O–H groups in total. The van der Waals surface area contributed by atoms with Crippen LogP contribution in [-0.2, 0) is 6.42 Å². The van der Waals surface area contributed by atoms with Gasteiger partial charge in [0.1, 0.15) is 12.4 Å². The van der Waals surface area contributed by atoms with Gasteiger partial charge in [-0.15, -0.1) is 0 Å². The number of aromatic hydroxyl groups is 2. The molecule has 130 valence electrons. The van der Waals surface area contributed by atoms with E-state index in [-0.39, 0.29) is 11.5 Å². The second kappa shape index (κ2) is 9.40. The molecule has 5 heteroatoms. The first kappa shape index (κ1) is 18.4. The number of benzene rings is 2. The molecule has 4 nitrogen and oxygen atoms in total. The topological polar surface area (TPSA) is 52.9 Å². The smallest absolute Gasteiger partial charge is 0.157 e. The molecule has 2 rings (SSSR count). The third-order valence-corrected chi connectivity index (χ3v) is 4.11. The predicted molar refractivity (Wildman–Crippen MR) is 97.2 cm³/mol. The Morgan fingerprint density at radius 3 is 2.50 bits per heavy atom. The molecule has 0 aromatic heterocycles. The van der Waals surface area contributed by atoms with Gasteiger partial charge in [-0.05, 0) is 49.2 Å². The number of rotatable bonds is 9. The minimum Gasteiger partial charge on any atom is -0.504 e. The maximum atomic E-state index is 9.57. The molecule has 0 saturated heterocycles. The Bertz CT molecular complexity index is 648. The highest BCUT2D eigenvalue weighted by Gasteiger charge is 2.07. The molecular formula is C19H24ClNO3. The first-order chi connectivity index (χ1) is 11.6. The maximum Gasteiger partial charge on any atom is 0.157 e. The van der Waals surface area contributed by atoms with Crippen LogP contribution in [0.2, 0.25) is 5.02 Å². The van der Waals surface area contributed by atoms with Gasteiger partial charge >= 0.3 is 0 Å². The summed E-state index contributed by atoms with van der Waals surface area (Å²) in [4.78, 5) is 2.32. The van der Waals surface area contributed by atoms with Crippen molar-refractivity contribution < 1.29 is 14.9 Å². The van der Waals surface area contributed by atoms with Crippen LogP contribution in [0.15, 0.2) is 42.5 Å². The Morgan fingerprint density at radius 1 is 1.00 bits per heavy atom. The summed E-state index contributed by atoms with van der Waals surface area (Å²) in [7, 11) is 0. The fourth-order valence-electron chi connectivity index (χ4n) is 2.51. The highest BCUT2D eigenvalue weighted by molar-refractivity contribution is 6.32. The molecule has 0 bridgehead atoms. The minimum atomic E-state index is -0.0858. The lowest BCUT2D eigenvalue weighted by Crippen LogP contribution is -2.31. The van der Waals surface area contributed by atoms with Gasteiger partial charge in [0, 0.05) is 13.1 Å². The lowest BCUT2D eigenvalue weighted by molar-refractivity contribution is 0.210. The summed E-state index contributed by atoms with van der Waals surface area (Å²) in [6.07, 6.45) is 1.87. The number of phenols is 2. The summed E-state index contributed by atoms with van der Waals surface area (Å²) in [6, 6.07) is 12.4. The Balaban J connectivity index is 1.82. The Hall–Kier alpha value is -1.91. The molecule has 0 fully saturated rings. The zero-order valence-electron chi connectivity index (χ0n) is 13.9. The number of nitrogens with zero attached hydrogens (tertiary/aromatic N) is 1. The van der Waals surface area contributed by atoms with Crippen LogP contribution in [0.4, 0.5) is 0 Å². The molecule has 0 amide bonds. The van der Waals surface area contributed by atoms with E-state index in [0.29, 0.717) is 17.4 Å². The van der Waals surface area contributed by atoms with Crippen LogP contribution in [-0.4, -0.2) is 41.4 Å². The van der Waals surface area contributed by atoms with E-state index < -0.39 is 0 Å². The van der Waals surface area contributed by atoms with Crippen LogP contribution in [0.25, 0.3) is 0 Å². The molecular weight excluding hydrogens is 326 g/mol. The molecule has 0 aliphatic carbocycles. The highest BCUT2D eigenvalue weighted by Crippen LogP contribution is 2.25. The highest BCUT2D eigenvalue weighted by atomic mass is 35.5. The van der Waals surface area contributed by atoms with Crippen LogP contribution in [0.3, 0.4) is 0 Å². The van der Waals surface area contributed by atoms with Crippen LogP contribution < -0.4 is 4.74 Å². The minimum absolute atomic E-state index is 0.0726. The third kappa shape index (κ3) is 5.62. The van der Waals surface area contributed by atoms with Crippen molar-refractivity contribution in [2.45, 2.75) is 19.8 Å². The Labute approximate surface area is 148 Å². The summed E-state index contributed by atoms with van der Waals surface area (Å²) < 4.78 is 5.75. The van der Waals surface area contributed by atoms with Gasteiger partial charge in [0.25, 0.3) is 0 Å². The predicted octanol–water partition coefficient (Wildman–Crippen LogP) is 4.08. The molecule has 0 aliphatic rings. The molecule has 24 heavy (non-hydrogen) atoms. The molecule has 2 aromatic rings. The molecule has 0 radical (unpaired) electrons. The van der Waals surface area contributed by atoms with Crippen LogP contribution in [0.5, 0.6) is 17.2 Å². The normalized spacial score (nSPS) is 11.0. The standard InChI is InChI=1S/C19H24ClNO3/c1-2-10-21(11-9-15-7-8-17(22)18(23)14-15)12-13-24-19-6-4-3-5-16(19)20/h3-8,14,22-23H,2,9-13H2,1H3. The van der Waals surface area contributed by atoms with E-state index in [9.17, 15) is 10.2 Å². The fourth-order valence-corrected chi connectivity index (χ4v) is 2.70. The van der Waals surface area contributed by atoms with Crippen molar-refractivity contribution in [2.75, 3.05) is 26.2 Å². The summed E-state index contributed by atoms with van der Waals surface area (Å²) in [5.41, 5.74) is 0.999. The van der Waals surface area contributed by atoms with Crippen LogP contribution in [0.1, 0.15) is 18.9 Å². The summed E-state index contributed by atoms with van der Waals surface area (Å²) in [5, 5.41) is 19.6. The van der Waals surface area contributed by atoms with Gasteiger partial charge in [0.15, 0.2) is 11.5 Å². The number of hydrogen-bond donors (Lipinski definition) is 2. The first-order valence-electron chi connectivity index (χ1n) is 8.20. The van der Waals surface area contributed by atoms with Crippen molar-refractivity contribution in [1.29, 1.82) is 0 Å². The number of phenolic OH excluding ortho intramolecular Hbond substituents is 2. The second-order valence-corrected chi connectivity index (χ2v) is 6.10. The molecule has 0 saturated carbocycles. The van der Waals surface area contributed by atoms with Crippen molar-refractivity contribution in [2.24, 2.45) is 0 Å². The molecule has 0 heterocycles. The van der Waals surface area contributed by atoms with Crippen molar-refractivity contribution in [3.05, 3.63) is 53.1 Å². The van der Waals surface area contributed by atoms with E-state index in [4.69, 9.17) is 16.3 Å². The molecule has 2 aromatic carbocycles. The van der Waals surface area contributed by atoms with Gasteiger partial charge in [0.2, 0.25) is 0 Å². The average Bonchev–Trinajstić information content (AvgIpc) is 2.57. The fraction of sp³-hybridized carbons (Fsp3) is 0.368. The van der Waals surface area contributed by atoms with Crippen molar-refractivity contribution in [1.82, 2.24) is 4.90 Å². The van der Waals surface area contributed by atoms with E-state index in [1.54, 1.807) is 6.07 Å². The number of para-hydroxylation sites is 1. The molecule has 0 aliphatic heterocycles. The van der Waals surface area contributed by atoms with Crippen LogP contribution >= 0.6 is 11.6 Å². The van der Waals surface area contributed by atoms with E-state index in [1.165, 1.54) is 6.07 Å². The van der Waals surface area contributed by atoms with Crippen molar-refractivity contribution in [3.63, 3.8) is 0 Å². The lowest BCUT2D eigenvalue weighted by Gasteiger charge is -2.22. The number of hydrogen-bond acceptors (Lipinski definition) is 4. The van der Waals surface area contributed by atoms with E-state index in [2.05, 4.69) is 11.8 Å². The van der Waals surface area contributed by atoms with Gasteiger partial charge in [-0.25, -0.2) is 0 Å². The zero-order chi connectivity index (χ0) is 17.4. The summed E-state index contributed by atoms with van der Waals surface area (Å²) in [6.45, 7) is 5.38. The third-order valence-electron chi connectivity index (χ3n) is 3.80. The van der Waals surface area contributed by atoms with Gasteiger partial charge in [-0.3, -0.25) is 4.90 Å². The Kier molecular flexibility index (Phi) is 7.22. The monoisotopic (exact) mass is 349 g/mol. The number of ether oxygens (including phenoxy) is 1. The first-order valence-corrected chi connectivity index (χ1v) is 8.58. The summed E-state index contributed by atoms with van der Waals surface area (Å²) in [5.74, 6) is 0.549. The molecule has 0 unspecified atom stereocenters. The average molecular weight is 350 g/mol. The Morgan fingerprint density at radius 2 is 1.79 bits per heavy atom. The van der Waals surface area contributed by atoms with E-state index in [0.717, 1.165) is 38.0 Å². The van der Waals surface area contributed by atoms with Gasteiger partial charge in [-0.2, -0.15) is 0 Å². The van der Waals surface area contributed by atoms with Gasteiger partial charge < -0.3 is 14.9 Å². The zero-order valence-corrected chi connectivity index (χ0v) is 14.7. The maximum absolute atomic E-state index is 9.57. The SMILES string of the molecule is CCCN(CCOc1ccccc1Cl)CCc1ccc(O)c(O)c1. The van der Waals surface area contributed by atoms with Crippen molar-refractivity contribution in [3.8, 4) is 17.2 Å². The van der Waals surface area contributed by atoms with Gasteiger partial charge in [-0.1, -0.05) is 36.7 Å². The largest absolute Gasteiger partial charge is 0.504 e. The van der Waals surface area contributed by atoms with Crippen LogP contribution in [0, 0.1) is 0 Å². The van der Waals surface area contributed by atoms with Gasteiger partial charge in [0.05, 0.1) is 5.02 Å².